The van der Waals surface area contributed by atoms with Crippen LogP contribution in [-0.2, 0) is 6.54 Å². The van der Waals surface area contributed by atoms with Gasteiger partial charge in [0.05, 0.1) is 12.9 Å². The summed E-state index contributed by atoms with van der Waals surface area (Å²) in [7, 11) is 0. The lowest BCUT2D eigenvalue weighted by Gasteiger charge is -2.11. The Morgan fingerprint density at radius 2 is 1.80 bits per heavy atom. The molecule has 1 aromatic carbocycles. The van der Waals surface area contributed by atoms with Crippen molar-refractivity contribution < 1.29 is 4.74 Å². The van der Waals surface area contributed by atoms with Gasteiger partial charge in [0.2, 0.25) is 0 Å². The Morgan fingerprint density at radius 3 is 2.60 bits per heavy atom. The molecule has 0 saturated heterocycles. The molecule has 0 N–H and O–H groups in total. The van der Waals surface area contributed by atoms with Crippen molar-refractivity contribution in [3.05, 3.63) is 67.5 Å². The van der Waals surface area contributed by atoms with Gasteiger partial charge in [0.15, 0.2) is 0 Å². The first-order valence-electron chi connectivity index (χ1n) is 6.51. The average molecular weight is 265 g/mol. The van der Waals surface area contributed by atoms with E-state index in [2.05, 4.69) is 16.0 Å². The molecule has 0 aliphatic carbocycles. The van der Waals surface area contributed by atoms with Crippen molar-refractivity contribution in [2.75, 3.05) is 6.61 Å². The molecule has 0 aliphatic heterocycles. The minimum Gasteiger partial charge on any atom is -0.491 e. The first-order chi connectivity index (χ1) is 9.93. The van der Waals surface area contributed by atoms with Crippen LogP contribution >= 0.6 is 0 Å². The van der Waals surface area contributed by atoms with E-state index in [1.807, 2.05) is 41.1 Å². The van der Waals surface area contributed by atoms with Gasteiger partial charge in [0.1, 0.15) is 12.4 Å². The zero-order valence-corrected chi connectivity index (χ0v) is 11.0. The van der Waals surface area contributed by atoms with Crippen LogP contribution in [0, 0.1) is 0 Å². The van der Waals surface area contributed by atoms with Crippen LogP contribution in [0.25, 0.3) is 11.1 Å². The SMILES string of the molecule is c1ccc(-c2ccncc2)c(OCCn2ccnc2)c1. The molecule has 0 radical (unpaired) electrons. The number of aromatic nitrogens is 3. The van der Waals surface area contributed by atoms with Crippen LogP contribution in [0.2, 0.25) is 0 Å². The molecule has 4 nitrogen and oxygen atoms in total. The highest BCUT2D eigenvalue weighted by Crippen LogP contribution is 2.29. The summed E-state index contributed by atoms with van der Waals surface area (Å²) in [6, 6.07) is 12.0. The quantitative estimate of drug-likeness (QED) is 0.712. The normalized spacial score (nSPS) is 10.4. The molecule has 0 bridgehead atoms. The molecule has 0 spiro atoms. The van der Waals surface area contributed by atoms with Crippen LogP contribution in [0.3, 0.4) is 0 Å². The van der Waals surface area contributed by atoms with Crippen LogP contribution in [0.5, 0.6) is 5.75 Å². The van der Waals surface area contributed by atoms with E-state index in [1.165, 1.54) is 0 Å². The van der Waals surface area contributed by atoms with Gasteiger partial charge in [-0.2, -0.15) is 0 Å². The van der Waals surface area contributed by atoms with Gasteiger partial charge in [-0.15, -0.1) is 0 Å². The smallest absolute Gasteiger partial charge is 0.127 e. The Morgan fingerprint density at radius 1 is 0.950 bits per heavy atom. The number of hydrogen-bond donors (Lipinski definition) is 0. The van der Waals surface area contributed by atoms with E-state index in [4.69, 9.17) is 4.74 Å². The lowest BCUT2D eigenvalue weighted by Crippen LogP contribution is -2.07. The van der Waals surface area contributed by atoms with Gasteiger partial charge in [-0.1, -0.05) is 18.2 Å². The topological polar surface area (TPSA) is 39.9 Å². The molecule has 2 aromatic heterocycles. The average Bonchev–Trinajstić information content (AvgIpc) is 3.02. The van der Waals surface area contributed by atoms with E-state index in [-0.39, 0.29) is 0 Å². The van der Waals surface area contributed by atoms with E-state index in [0.717, 1.165) is 23.4 Å². The summed E-state index contributed by atoms with van der Waals surface area (Å²) >= 11 is 0. The molecule has 100 valence electrons. The van der Waals surface area contributed by atoms with Gasteiger partial charge in [-0.25, -0.2) is 4.98 Å². The molecule has 0 amide bonds. The summed E-state index contributed by atoms with van der Waals surface area (Å²) in [5.41, 5.74) is 2.19. The third kappa shape index (κ3) is 2.85. The number of hydrogen-bond acceptors (Lipinski definition) is 3. The largest absolute Gasteiger partial charge is 0.491 e. The van der Waals surface area contributed by atoms with Crippen molar-refractivity contribution in [1.82, 2.24) is 14.5 Å². The number of ether oxygens (including phenoxy) is 1. The summed E-state index contributed by atoms with van der Waals surface area (Å²) in [6.07, 6.45) is 9.07. The first-order valence-corrected chi connectivity index (χ1v) is 6.51. The highest BCUT2D eigenvalue weighted by atomic mass is 16.5. The maximum absolute atomic E-state index is 5.90. The van der Waals surface area contributed by atoms with Gasteiger partial charge in [-0.3, -0.25) is 4.98 Å². The minimum absolute atomic E-state index is 0.610. The van der Waals surface area contributed by atoms with E-state index >= 15 is 0 Å². The molecule has 2 heterocycles. The van der Waals surface area contributed by atoms with E-state index in [9.17, 15) is 0 Å². The summed E-state index contributed by atoms with van der Waals surface area (Å²) in [5.74, 6) is 0.888. The van der Waals surface area contributed by atoms with Crippen LogP contribution in [-0.4, -0.2) is 21.1 Å². The lowest BCUT2D eigenvalue weighted by molar-refractivity contribution is 0.299. The van der Waals surface area contributed by atoms with Crippen LogP contribution < -0.4 is 4.74 Å². The molecule has 4 heteroatoms. The van der Waals surface area contributed by atoms with Crippen LogP contribution in [0.4, 0.5) is 0 Å². The molecule has 0 saturated carbocycles. The summed E-state index contributed by atoms with van der Waals surface area (Å²) < 4.78 is 7.89. The standard InChI is InChI=1S/C16H15N3O/c1-2-4-16(20-12-11-19-10-9-18-13-19)15(3-1)14-5-7-17-8-6-14/h1-10,13H,11-12H2. The number of benzene rings is 1. The summed E-state index contributed by atoms with van der Waals surface area (Å²) in [4.78, 5) is 8.06. The summed E-state index contributed by atoms with van der Waals surface area (Å²) in [5, 5.41) is 0. The third-order valence-corrected chi connectivity index (χ3v) is 3.04. The second-order valence-corrected chi connectivity index (χ2v) is 4.38. The molecule has 0 unspecified atom stereocenters. The van der Waals surface area contributed by atoms with Gasteiger partial charge in [0, 0.05) is 30.4 Å². The lowest BCUT2D eigenvalue weighted by atomic mass is 10.1. The maximum Gasteiger partial charge on any atom is 0.127 e. The van der Waals surface area contributed by atoms with Crippen LogP contribution in [0.1, 0.15) is 0 Å². The third-order valence-electron chi connectivity index (χ3n) is 3.04. The molecular weight excluding hydrogens is 250 g/mol. The van der Waals surface area contributed by atoms with Crippen molar-refractivity contribution in [3.63, 3.8) is 0 Å². The highest BCUT2D eigenvalue weighted by molar-refractivity contribution is 5.69. The molecule has 3 aromatic rings. The fourth-order valence-corrected chi connectivity index (χ4v) is 2.04. The zero-order chi connectivity index (χ0) is 13.6. The maximum atomic E-state index is 5.90. The monoisotopic (exact) mass is 265 g/mol. The van der Waals surface area contributed by atoms with E-state index in [1.54, 1.807) is 24.9 Å². The van der Waals surface area contributed by atoms with Gasteiger partial charge < -0.3 is 9.30 Å². The van der Waals surface area contributed by atoms with Gasteiger partial charge in [0.25, 0.3) is 0 Å². The predicted octanol–water partition coefficient (Wildman–Crippen LogP) is 3.02. The molecule has 0 fully saturated rings. The van der Waals surface area contributed by atoms with Gasteiger partial charge in [-0.05, 0) is 23.8 Å². The molecule has 20 heavy (non-hydrogen) atoms. The molecule has 3 rings (SSSR count). The molecule has 0 atom stereocenters. The second kappa shape index (κ2) is 6.02. The minimum atomic E-state index is 0.610. The Balaban J connectivity index is 1.73. The van der Waals surface area contributed by atoms with Crippen molar-refractivity contribution in [3.8, 4) is 16.9 Å². The number of imidazole rings is 1. The predicted molar refractivity (Wildman–Crippen MR) is 77.4 cm³/mol. The Hall–Kier alpha value is -2.62. The van der Waals surface area contributed by atoms with E-state index in [0.29, 0.717) is 6.61 Å². The summed E-state index contributed by atoms with van der Waals surface area (Å²) in [6.45, 7) is 1.39. The Bertz CT molecular complexity index is 651. The fourth-order valence-electron chi connectivity index (χ4n) is 2.04. The second-order valence-electron chi connectivity index (χ2n) is 4.38. The van der Waals surface area contributed by atoms with Crippen molar-refractivity contribution in [2.24, 2.45) is 0 Å². The molecular formula is C16H15N3O. The number of nitrogens with zero attached hydrogens (tertiary/aromatic N) is 3. The number of rotatable bonds is 5. The Labute approximate surface area is 117 Å². The Kier molecular flexibility index (Phi) is 3.73. The fraction of sp³-hybridized carbons (Fsp3) is 0.125. The first kappa shape index (κ1) is 12.4. The number of para-hydroxylation sites is 1. The van der Waals surface area contributed by atoms with Gasteiger partial charge >= 0.3 is 0 Å². The van der Waals surface area contributed by atoms with E-state index < -0.39 is 0 Å². The number of pyridine rings is 1. The van der Waals surface area contributed by atoms with Crippen molar-refractivity contribution >= 4 is 0 Å². The van der Waals surface area contributed by atoms with Crippen molar-refractivity contribution in [1.29, 1.82) is 0 Å². The van der Waals surface area contributed by atoms with Crippen LogP contribution in [0.15, 0.2) is 67.5 Å². The van der Waals surface area contributed by atoms with Crippen molar-refractivity contribution in [2.45, 2.75) is 6.54 Å². The molecule has 0 aliphatic rings. The highest BCUT2D eigenvalue weighted by Gasteiger charge is 2.05. The zero-order valence-electron chi connectivity index (χ0n) is 11.0.